The first-order valence-electron chi connectivity index (χ1n) is 10.2. The molecule has 3 aromatic rings. The molecular weight excluding hydrogens is 370 g/mol. The highest BCUT2D eigenvalue weighted by Crippen LogP contribution is 2.28. The molecule has 3 rings (SSSR count). The van der Waals surface area contributed by atoms with E-state index < -0.39 is 16.1 Å². The fourth-order valence-corrected chi connectivity index (χ4v) is 14.2. The zero-order chi connectivity index (χ0) is 20.4. The number of benzene rings is 3. The molecule has 3 heteroatoms. The summed E-state index contributed by atoms with van der Waals surface area (Å²) in [7, 11) is -2.59. The van der Waals surface area contributed by atoms with E-state index in [0.29, 0.717) is 0 Å². The van der Waals surface area contributed by atoms with Crippen molar-refractivity contribution in [3.8, 4) is 0 Å². The van der Waals surface area contributed by atoms with Gasteiger partial charge in [0, 0.05) is 17.6 Å². The summed E-state index contributed by atoms with van der Waals surface area (Å²) in [5.41, 5.74) is 3.85. The standard InChI is InChI=1S/C25H33NSi2/c1-27(2,3)25(28(4,5)6)18-20-14-16-21(17-15-20)19-26-24-13-9-11-22-10-7-8-12-23(22)24/h7-18,26H,19H2,1-6H3. The lowest BCUT2D eigenvalue weighted by Crippen LogP contribution is -2.39. The topological polar surface area (TPSA) is 12.0 Å². The SMILES string of the molecule is C[Si](C)(C)C(=Cc1ccc(CNc2cccc3ccccc23)cc1)[Si](C)(C)C. The molecule has 3 aromatic carbocycles. The molecule has 0 spiro atoms. The second-order valence-electron chi connectivity index (χ2n) is 9.68. The first-order valence-corrected chi connectivity index (χ1v) is 17.2. The molecule has 0 fully saturated rings. The third kappa shape index (κ3) is 5.03. The second-order valence-corrected chi connectivity index (χ2v) is 20.3. The molecule has 28 heavy (non-hydrogen) atoms. The van der Waals surface area contributed by atoms with Crippen molar-refractivity contribution >= 4 is 38.7 Å². The molecule has 0 atom stereocenters. The Morgan fingerprint density at radius 1 is 0.750 bits per heavy atom. The smallest absolute Gasteiger partial charge is 0.0682 e. The Hall–Kier alpha value is -2.11. The molecule has 0 saturated heterocycles. The lowest BCUT2D eigenvalue weighted by Gasteiger charge is -2.31. The number of nitrogens with one attached hydrogen (secondary N) is 1. The van der Waals surface area contributed by atoms with Gasteiger partial charge in [-0.15, -0.1) is 0 Å². The van der Waals surface area contributed by atoms with Crippen LogP contribution >= 0.6 is 0 Å². The quantitative estimate of drug-likeness (QED) is 0.418. The maximum absolute atomic E-state index is 3.61. The van der Waals surface area contributed by atoms with Gasteiger partial charge in [-0.1, -0.05) is 111 Å². The van der Waals surface area contributed by atoms with Crippen molar-refractivity contribution < 1.29 is 0 Å². The molecule has 0 amide bonds. The maximum atomic E-state index is 3.61. The lowest BCUT2D eigenvalue weighted by atomic mass is 10.1. The zero-order valence-electron chi connectivity index (χ0n) is 18.1. The third-order valence-electron chi connectivity index (χ3n) is 5.18. The van der Waals surface area contributed by atoms with Gasteiger partial charge in [-0.05, 0) is 22.6 Å². The van der Waals surface area contributed by atoms with Crippen LogP contribution in [0.1, 0.15) is 11.1 Å². The van der Waals surface area contributed by atoms with Gasteiger partial charge in [-0.2, -0.15) is 0 Å². The van der Waals surface area contributed by atoms with Crippen LogP contribution in [0.3, 0.4) is 0 Å². The molecule has 146 valence electrons. The third-order valence-corrected chi connectivity index (χ3v) is 13.2. The van der Waals surface area contributed by atoms with Gasteiger partial charge in [0.05, 0.1) is 16.1 Å². The number of anilines is 1. The van der Waals surface area contributed by atoms with Crippen molar-refractivity contribution in [2.45, 2.75) is 45.8 Å². The summed E-state index contributed by atoms with van der Waals surface area (Å²) in [6.45, 7) is 15.7. The summed E-state index contributed by atoms with van der Waals surface area (Å²) < 4.78 is 0. The summed E-state index contributed by atoms with van der Waals surface area (Å²) in [5, 5.41) is 6.16. The van der Waals surface area contributed by atoms with Crippen LogP contribution in [0, 0.1) is 0 Å². The van der Waals surface area contributed by atoms with Crippen molar-refractivity contribution in [2.75, 3.05) is 5.32 Å². The monoisotopic (exact) mass is 403 g/mol. The first-order chi connectivity index (χ1) is 13.1. The lowest BCUT2D eigenvalue weighted by molar-refractivity contribution is 1.15. The van der Waals surface area contributed by atoms with Crippen molar-refractivity contribution in [2.24, 2.45) is 0 Å². The van der Waals surface area contributed by atoms with E-state index in [1.807, 2.05) is 0 Å². The second kappa shape index (κ2) is 8.10. The van der Waals surface area contributed by atoms with Gasteiger partial charge in [0.15, 0.2) is 0 Å². The Morgan fingerprint density at radius 2 is 1.36 bits per heavy atom. The van der Waals surface area contributed by atoms with Crippen LogP contribution in [0.25, 0.3) is 16.8 Å². The van der Waals surface area contributed by atoms with Gasteiger partial charge in [0.25, 0.3) is 0 Å². The zero-order valence-corrected chi connectivity index (χ0v) is 20.1. The average Bonchev–Trinajstić information content (AvgIpc) is 2.63. The van der Waals surface area contributed by atoms with Crippen LogP contribution in [-0.2, 0) is 6.54 Å². The predicted molar refractivity (Wildman–Crippen MR) is 132 cm³/mol. The molecule has 0 heterocycles. The number of hydrogen-bond donors (Lipinski definition) is 1. The summed E-state index contributed by atoms with van der Waals surface area (Å²) in [4.78, 5) is 1.75. The molecule has 0 unspecified atom stereocenters. The molecule has 1 nitrogen and oxygen atoms in total. The van der Waals surface area contributed by atoms with E-state index in [9.17, 15) is 0 Å². The molecule has 0 radical (unpaired) electrons. The largest absolute Gasteiger partial charge is 0.380 e. The molecular formula is C25H33NSi2. The van der Waals surface area contributed by atoms with Crippen LogP contribution < -0.4 is 5.32 Å². The van der Waals surface area contributed by atoms with Crippen LogP contribution in [0.5, 0.6) is 0 Å². The molecule has 0 bridgehead atoms. The van der Waals surface area contributed by atoms with Crippen molar-refractivity contribution in [3.05, 3.63) is 82.7 Å². The molecule has 0 saturated carbocycles. The van der Waals surface area contributed by atoms with Gasteiger partial charge in [0.1, 0.15) is 0 Å². The normalized spacial score (nSPS) is 12.1. The Kier molecular flexibility index (Phi) is 5.96. The summed E-state index contributed by atoms with van der Waals surface area (Å²) >= 11 is 0. The summed E-state index contributed by atoms with van der Waals surface area (Å²) in [6.07, 6.45) is 2.49. The molecule has 0 aliphatic rings. The van der Waals surface area contributed by atoms with E-state index in [1.165, 1.54) is 27.6 Å². The van der Waals surface area contributed by atoms with Crippen LogP contribution in [0.15, 0.2) is 71.5 Å². The van der Waals surface area contributed by atoms with Gasteiger partial charge in [0.2, 0.25) is 0 Å². The molecule has 0 aromatic heterocycles. The van der Waals surface area contributed by atoms with E-state index in [1.54, 1.807) is 4.82 Å². The van der Waals surface area contributed by atoms with Crippen LogP contribution in [-0.4, -0.2) is 16.1 Å². The first kappa shape index (κ1) is 20.6. The van der Waals surface area contributed by atoms with E-state index in [-0.39, 0.29) is 0 Å². The number of rotatable bonds is 6. The van der Waals surface area contributed by atoms with Gasteiger partial charge in [-0.25, -0.2) is 0 Å². The maximum Gasteiger partial charge on any atom is 0.0682 e. The van der Waals surface area contributed by atoms with Gasteiger partial charge in [-0.3, -0.25) is 0 Å². The van der Waals surface area contributed by atoms with E-state index in [2.05, 4.69) is 117 Å². The number of hydrogen-bond acceptors (Lipinski definition) is 1. The van der Waals surface area contributed by atoms with Crippen LogP contribution in [0.2, 0.25) is 39.3 Å². The van der Waals surface area contributed by atoms with Crippen LogP contribution in [0.4, 0.5) is 5.69 Å². The predicted octanol–water partition coefficient (Wildman–Crippen LogP) is 7.59. The Balaban J connectivity index is 1.77. The average molecular weight is 404 g/mol. The van der Waals surface area contributed by atoms with Crippen molar-refractivity contribution in [1.82, 2.24) is 0 Å². The highest BCUT2D eigenvalue weighted by Gasteiger charge is 2.30. The summed E-state index contributed by atoms with van der Waals surface area (Å²) in [6, 6.07) is 24.1. The minimum atomic E-state index is -1.29. The van der Waals surface area contributed by atoms with E-state index in [0.717, 1.165) is 6.54 Å². The molecule has 0 aliphatic heterocycles. The minimum Gasteiger partial charge on any atom is -0.380 e. The summed E-state index contributed by atoms with van der Waals surface area (Å²) in [5.74, 6) is 0. The van der Waals surface area contributed by atoms with Gasteiger partial charge < -0.3 is 5.32 Å². The molecule has 0 aliphatic carbocycles. The molecule has 1 N–H and O–H groups in total. The highest BCUT2D eigenvalue weighted by atomic mass is 28.4. The van der Waals surface area contributed by atoms with Crippen molar-refractivity contribution in [3.63, 3.8) is 0 Å². The van der Waals surface area contributed by atoms with Gasteiger partial charge >= 0.3 is 0 Å². The highest BCUT2D eigenvalue weighted by molar-refractivity contribution is 7.05. The number of fused-ring (bicyclic) bond motifs is 1. The minimum absolute atomic E-state index is 0.840. The van der Waals surface area contributed by atoms with E-state index >= 15 is 0 Å². The Bertz CT molecular complexity index is 953. The fraction of sp³-hybridized carbons (Fsp3) is 0.280. The Morgan fingerprint density at radius 3 is 2.00 bits per heavy atom. The Labute approximate surface area is 172 Å². The van der Waals surface area contributed by atoms with Crippen molar-refractivity contribution in [1.29, 1.82) is 0 Å². The fourth-order valence-electron chi connectivity index (χ4n) is 4.03. The van der Waals surface area contributed by atoms with E-state index in [4.69, 9.17) is 0 Å².